The number of ether oxygens (including phenoxy) is 1. The van der Waals surface area contributed by atoms with E-state index in [1.807, 2.05) is 6.07 Å². The molecule has 0 spiro atoms. The summed E-state index contributed by atoms with van der Waals surface area (Å²) in [4.78, 5) is 38.0. The molecule has 196 valence electrons. The lowest BCUT2D eigenvalue weighted by molar-refractivity contribution is 0.0955. The Labute approximate surface area is 216 Å². The maximum absolute atomic E-state index is 13.5. The summed E-state index contributed by atoms with van der Waals surface area (Å²) in [6, 6.07) is 7.00. The van der Waals surface area contributed by atoms with Gasteiger partial charge in [-0.3, -0.25) is 14.2 Å². The quantitative estimate of drug-likeness (QED) is 0.289. The first-order chi connectivity index (χ1) is 18.4. The summed E-state index contributed by atoms with van der Waals surface area (Å²) in [7, 11) is 1.72. The molecule has 38 heavy (non-hydrogen) atoms. The number of aromatic nitrogens is 4. The summed E-state index contributed by atoms with van der Waals surface area (Å²) in [5.41, 5.74) is 6.57. The van der Waals surface area contributed by atoms with E-state index in [2.05, 4.69) is 25.6 Å². The number of carbonyl (C=O) groups excluding carboxylic acids is 1. The lowest BCUT2D eigenvalue weighted by Gasteiger charge is -2.10. The molecule has 1 amide bonds. The summed E-state index contributed by atoms with van der Waals surface area (Å²) in [5.74, 6) is -1.62. The zero-order valence-corrected chi connectivity index (χ0v) is 20.4. The number of halogens is 2. The molecule has 4 N–H and O–H groups in total. The number of rotatable bonds is 10. The summed E-state index contributed by atoms with van der Waals surface area (Å²) in [6.45, 7) is 0.715. The first kappa shape index (κ1) is 26.4. The number of nitrogens with one attached hydrogen (secondary N) is 2. The van der Waals surface area contributed by atoms with Crippen molar-refractivity contribution in [3.05, 3.63) is 93.8 Å². The van der Waals surface area contributed by atoms with E-state index < -0.39 is 23.1 Å². The van der Waals surface area contributed by atoms with Gasteiger partial charge in [0.05, 0.1) is 12.9 Å². The fraction of sp³-hybridized carbons (Fsp3) is 0.192. The standard InChI is InChI=1S/C26H25F2N7O3/c1-30-26-33-12-18-9-16(11-22(23(18)34-26)38-8-6-29)3-2-7-32-24(36)19-13-31-15-35(25(19)37)14-17-4-5-20(27)21(28)10-17/h2-5,9-13,15H,6-8,14,29H2,1H3,(H,32,36)(H,30,33,34)/b3-2+. The lowest BCUT2D eigenvalue weighted by Crippen LogP contribution is -2.33. The number of nitrogens with two attached hydrogens (primary N) is 1. The predicted octanol–water partition coefficient (Wildman–Crippen LogP) is 2.34. The number of fused-ring (bicyclic) bond motifs is 1. The fourth-order valence-electron chi connectivity index (χ4n) is 3.63. The number of hydrogen-bond donors (Lipinski definition) is 3. The Balaban J connectivity index is 1.45. The van der Waals surface area contributed by atoms with Crippen LogP contribution in [0.4, 0.5) is 14.7 Å². The summed E-state index contributed by atoms with van der Waals surface area (Å²) >= 11 is 0. The molecular formula is C26H25F2N7O3. The molecule has 10 nitrogen and oxygen atoms in total. The molecular weight excluding hydrogens is 496 g/mol. The van der Waals surface area contributed by atoms with Crippen molar-refractivity contribution in [2.24, 2.45) is 5.73 Å². The van der Waals surface area contributed by atoms with Gasteiger partial charge >= 0.3 is 0 Å². The van der Waals surface area contributed by atoms with Crippen LogP contribution in [-0.4, -0.2) is 52.2 Å². The molecule has 0 bridgehead atoms. The SMILES string of the molecule is CNc1ncc2cc(/C=C/CNC(=O)c3cncn(Cc4ccc(F)c(F)c4)c3=O)cc(OCCN)c2n1. The third-order valence-corrected chi connectivity index (χ3v) is 5.44. The van der Waals surface area contributed by atoms with Crippen LogP contribution in [0.3, 0.4) is 0 Å². The molecule has 2 aromatic carbocycles. The highest BCUT2D eigenvalue weighted by molar-refractivity contribution is 5.93. The van der Waals surface area contributed by atoms with E-state index in [-0.39, 0.29) is 18.7 Å². The first-order valence-corrected chi connectivity index (χ1v) is 11.6. The number of anilines is 1. The van der Waals surface area contributed by atoms with Crippen molar-refractivity contribution >= 4 is 28.8 Å². The van der Waals surface area contributed by atoms with Gasteiger partial charge in [-0.1, -0.05) is 18.2 Å². The zero-order valence-electron chi connectivity index (χ0n) is 20.4. The van der Waals surface area contributed by atoms with Crippen molar-refractivity contribution in [2.45, 2.75) is 6.54 Å². The van der Waals surface area contributed by atoms with E-state index in [4.69, 9.17) is 10.5 Å². The normalized spacial score (nSPS) is 11.2. The molecule has 0 saturated carbocycles. The number of benzene rings is 2. The van der Waals surface area contributed by atoms with Gasteiger partial charge in [-0.05, 0) is 35.4 Å². The second-order valence-corrected chi connectivity index (χ2v) is 8.14. The van der Waals surface area contributed by atoms with Crippen LogP contribution in [0.2, 0.25) is 0 Å². The Hall–Kier alpha value is -4.71. The van der Waals surface area contributed by atoms with Crippen molar-refractivity contribution < 1.29 is 18.3 Å². The van der Waals surface area contributed by atoms with Gasteiger partial charge in [0.2, 0.25) is 5.95 Å². The third kappa shape index (κ3) is 6.16. The topological polar surface area (TPSA) is 137 Å². The minimum atomic E-state index is -1.02. The number of amides is 1. The van der Waals surface area contributed by atoms with E-state index in [1.165, 1.54) is 12.4 Å². The molecule has 0 aliphatic carbocycles. The summed E-state index contributed by atoms with van der Waals surface area (Å²) < 4.78 is 33.6. The monoisotopic (exact) mass is 521 g/mol. The van der Waals surface area contributed by atoms with E-state index in [9.17, 15) is 18.4 Å². The van der Waals surface area contributed by atoms with Crippen molar-refractivity contribution in [1.82, 2.24) is 24.8 Å². The van der Waals surface area contributed by atoms with Crippen LogP contribution in [-0.2, 0) is 6.54 Å². The maximum Gasteiger partial charge on any atom is 0.266 e. The average molecular weight is 522 g/mol. The van der Waals surface area contributed by atoms with Gasteiger partial charge < -0.3 is 21.1 Å². The van der Waals surface area contributed by atoms with Gasteiger partial charge in [0.15, 0.2) is 11.6 Å². The molecule has 0 saturated heterocycles. The minimum absolute atomic E-state index is 0.0693. The predicted molar refractivity (Wildman–Crippen MR) is 139 cm³/mol. The van der Waals surface area contributed by atoms with E-state index in [0.717, 1.165) is 33.8 Å². The molecule has 12 heteroatoms. The molecule has 4 aromatic rings. The average Bonchev–Trinajstić information content (AvgIpc) is 2.92. The molecule has 0 radical (unpaired) electrons. The second-order valence-electron chi connectivity index (χ2n) is 8.14. The molecule has 2 heterocycles. The van der Waals surface area contributed by atoms with Crippen LogP contribution >= 0.6 is 0 Å². The first-order valence-electron chi connectivity index (χ1n) is 11.6. The van der Waals surface area contributed by atoms with Crippen molar-refractivity contribution in [3.8, 4) is 5.75 Å². The third-order valence-electron chi connectivity index (χ3n) is 5.44. The maximum atomic E-state index is 13.5. The van der Waals surface area contributed by atoms with Crippen LogP contribution in [0.1, 0.15) is 21.5 Å². The van der Waals surface area contributed by atoms with Crippen LogP contribution in [0.15, 0.2) is 59.9 Å². The van der Waals surface area contributed by atoms with Gasteiger partial charge in [-0.2, -0.15) is 0 Å². The Morgan fingerprint density at radius 2 is 2.03 bits per heavy atom. The van der Waals surface area contributed by atoms with Crippen LogP contribution in [0.5, 0.6) is 5.75 Å². The van der Waals surface area contributed by atoms with E-state index >= 15 is 0 Å². The highest BCUT2D eigenvalue weighted by Crippen LogP contribution is 2.27. The van der Waals surface area contributed by atoms with Crippen molar-refractivity contribution in [1.29, 1.82) is 0 Å². The van der Waals surface area contributed by atoms with E-state index in [1.54, 1.807) is 31.5 Å². The molecule has 0 fully saturated rings. The molecule has 4 rings (SSSR count). The Morgan fingerprint density at radius 1 is 1.18 bits per heavy atom. The lowest BCUT2D eigenvalue weighted by atomic mass is 10.1. The summed E-state index contributed by atoms with van der Waals surface area (Å²) in [6.07, 6.45) is 7.56. The Morgan fingerprint density at radius 3 is 2.79 bits per heavy atom. The molecule has 0 atom stereocenters. The molecule has 0 aliphatic rings. The van der Waals surface area contributed by atoms with Gasteiger partial charge in [0.25, 0.3) is 11.5 Å². The number of hydrogen-bond acceptors (Lipinski definition) is 8. The van der Waals surface area contributed by atoms with Gasteiger partial charge in [0.1, 0.15) is 23.4 Å². The van der Waals surface area contributed by atoms with Gasteiger partial charge in [-0.15, -0.1) is 0 Å². The van der Waals surface area contributed by atoms with Crippen molar-refractivity contribution in [3.63, 3.8) is 0 Å². The molecule has 0 aliphatic heterocycles. The second kappa shape index (κ2) is 12.0. The largest absolute Gasteiger partial charge is 0.490 e. The fourth-order valence-corrected chi connectivity index (χ4v) is 3.63. The highest BCUT2D eigenvalue weighted by Gasteiger charge is 2.13. The van der Waals surface area contributed by atoms with Crippen molar-refractivity contribution in [2.75, 3.05) is 32.1 Å². The zero-order chi connectivity index (χ0) is 27.1. The summed E-state index contributed by atoms with van der Waals surface area (Å²) in [5, 5.41) is 6.31. The number of nitrogens with zero attached hydrogens (tertiary/aromatic N) is 4. The van der Waals surface area contributed by atoms with Gasteiger partial charge in [0, 0.05) is 37.9 Å². The van der Waals surface area contributed by atoms with Gasteiger partial charge in [-0.25, -0.2) is 23.7 Å². The van der Waals surface area contributed by atoms with Crippen LogP contribution < -0.4 is 26.7 Å². The Kier molecular flexibility index (Phi) is 8.34. The molecule has 2 aromatic heterocycles. The number of carbonyl (C=O) groups is 1. The molecule has 0 unspecified atom stereocenters. The smallest absolute Gasteiger partial charge is 0.266 e. The van der Waals surface area contributed by atoms with Crippen LogP contribution in [0, 0.1) is 11.6 Å². The highest BCUT2D eigenvalue weighted by atomic mass is 19.2. The van der Waals surface area contributed by atoms with Crippen LogP contribution in [0.25, 0.3) is 17.0 Å². The Bertz CT molecular complexity index is 1560. The van der Waals surface area contributed by atoms with E-state index in [0.29, 0.717) is 35.9 Å². The minimum Gasteiger partial charge on any atom is -0.490 e.